The first-order chi connectivity index (χ1) is 13.4. The van der Waals surface area contributed by atoms with Gasteiger partial charge in [0.25, 0.3) is 5.56 Å². The number of nitrogens with one attached hydrogen (secondary N) is 1. The molecule has 1 aromatic heterocycles. The van der Waals surface area contributed by atoms with Crippen molar-refractivity contribution >= 4 is 28.4 Å². The van der Waals surface area contributed by atoms with Gasteiger partial charge in [0, 0.05) is 11.1 Å². The summed E-state index contributed by atoms with van der Waals surface area (Å²) in [5, 5.41) is 3.75. The average molecular weight is 398 g/mol. The fourth-order valence-electron chi connectivity index (χ4n) is 3.27. The standard InChI is InChI=1S/C21H20ClN3O3/c1-12-7-10-15(11-17(12)22)25-20(27)16-5-3-4-6-18(16)24(21(25)28)13(2)19(26)23-14-8-9-14/h3-7,10-11,13-14H,8-9H2,1-2H3,(H,23,26). The smallest absolute Gasteiger partial charge is 0.336 e. The first-order valence-corrected chi connectivity index (χ1v) is 9.59. The van der Waals surface area contributed by atoms with Crippen LogP contribution in [0.1, 0.15) is 31.4 Å². The lowest BCUT2D eigenvalue weighted by Gasteiger charge is -2.19. The van der Waals surface area contributed by atoms with E-state index in [-0.39, 0.29) is 11.9 Å². The summed E-state index contributed by atoms with van der Waals surface area (Å²) in [6.07, 6.45) is 1.91. The quantitative estimate of drug-likeness (QED) is 0.735. The molecule has 1 fully saturated rings. The Morgan fingerprint density at radius 1 is 1.18 bits per heavy atom. The SMILES string of the molecule is Cc1ccc(-n2c(=O)c3ccccc3n(C(C)C(=O)NC3CC3)c2=O)cc1Cl. The second kappa shape index (κ2) is 6.95. The molecule has 0 radical (unpaired) electrons. The van der Waals surface area contributed by atoms with Crippen LogP contribution in [0.4, 0.5) is 0 Å². The number of carbonyl (C=O) groups excluding carboxylic acids is 1. The minimum Gasteiger partial charge on any atom is -0.352 e. The zero-order chi connectivity index (χ0) is 20.0. The maximum absolute atomic E-state index is 13.4. The van der Waals surface area contributed by atoms with Gasteiger partial charge in [-0.25, -0.2) is 9.36 Å². The Morgan fingerprint density at radius 2 is 1.89 bits per heavy atom. The van der Waals surface area contributed by atoms with Gasteiger partial charge in [0.05, 0.1) is 16.6 Å². The highest BCUT2D eigenvalue weighted by Crippen LogP contribution is 2.22. The van der Waals surface area contributed by atoms with Gasteiger partial charge in [0.2, 0.25) is 5.91 Å². The third-order valence-electron chi connectivity index (χ3n) is 5.10. The van der Waals surface area contributed by atoms with Crippen LogP contribution in [0.3, 0.4) is 0 Å². The average Bonchev–Trinajstić information content (AvgIpc) is 3.48. The van der Waals surface area contributed by atoms with Gasteiger partial charge in [0.15, 0.2) is 0 Å². The van der Waals surface area contributed by atoms with E-state index < -0.39 is 17.3 Å². The number of carbonyl (C=O) groups is 1. The molecule has 1 unspecified atom stereocenters. The lowest BCUT2D eigenvalue weighted by molar-refractivity contribution is -0.124. The Balaban J connectivity index is 1.98. The lowest BCUT2D eigenvalue weighted by Crippen LogP contribution is -2.44. The second-order valence-electron chi connectivity index (χ2n) is 7.20. The highest BCUT2D eigenvalue weighted by molar-refractivity contribution is 6.31. The van der Waals surface area contributed by atoms with E-state index in [2.05, 4.69) is 5.32 Å². The molecule has 1 saturated carbocycles. The molecule has 1 atom stereocenters. The second-order valence-corrected chi connectivity index (χ2v) is 7.61. The summed E-state index contributed by atoms with van der Waals surface area (Å²) in [4.78, 5) is 39.1. The molecular formula is C21H20ClN3O3. The van der Waals surface area contributed by atoms with Crippen molar-refractivity contribution in [1.29, 1.82) is 0 Å². The number of halogens is 1. The Bertz CT molecular complexity index is 1210. The van der Waals surface area contributed by atoms with E-state index in [1.807, 2.05) is 6.92 Å². The Kier molecular flexibility index (Phi) is 4.59. The van der Waals surface area contributed by atoms with Crippen molar-refractivity contribution in [2.45, 2.75) is 38.8 Å². The summed E-state index contributed by atoms with van der Waals surface area (Å²) in [7, 11) is 0. The minimum atomic E-state index is -0.759. The molecule has 0 spiro atoms. The molecule has 1 heterocycles. The zero-order valence-electron chi connectivity index (χ0n) is 15.6. The number of fused-ring (bicyclic) bond motifs is 1. The first-order valence-electron chi connectivity index (χ1n) is 9.21. The fraction of sp³-hybridized carbons (Fsp3) is 0.286. The van der Waals surface area contributed by atoms with Crippen LogP contribution < -0.4 is 16.6 Å². The molecule has 0 aliphatic heterocycles. The van der Waals surface area contributed by atoms with Gasteiger partial charge in [-0.1, -0.05) is 29.8 Å². The van der Waals surface area contributed by atoms with Crippen molar-refractivity contribution in [3.05, 3.63) is 73.9 Å². The number of hydrogen-bond acceptors (Lipinski definition) is 3. The zero-order valence-corrected chi connectivity index (χ0v) is 16.4. The van der Waals surface area contributed by atoms with E-state index in [4.69, 9.17) is 11.6 Å². The number of benzene rings is 2. The summed E-state index contributed by atoms with van der Waals surface area (Å²) in [5.41, 5.74) is 0.649. The molecule has 144 valence electrons. The summed E-state index contributed by atoms with van der Waals surface area (Å²) >= 11 is 6.22. The summed E-state index contributed by atoms with van der Waals surface area (Å²) in [5.74, 6) is -0.234. The molecular weight excluding hydrogens is 378 g/mol. The van der Waals surface area contributed by atoms with E-state index in [1.165, 1.54) is 4.57 Å². The predicted molar refractivity (Wildman–Crippen MR) is 109 cm³/mol. The van der Waals surface area contributed by atoms with E-state index in [0.29, 0.717) is 21.6 Å². The van der Waals surface area contributed by atoms with E-state index in [0.717, 1.165) is 23.0 Å². The van der Waals surface area contributed by atoms with Gasteiger partial charge >= 0.3 is 5.69 Å². The maximum Gasteiger partial charge on any atom is 0.336 e. The van der Waals surface area contributed by atoms with Crippen molar-refractivity contribution in [1.82, 2.24) is 14.5 Å². The molecule has 7 heteroatoms. The monoisotopic (exact) mass is 397 g/mol. The normalized spacial score (nSPS) is 14.8. The van der Waals surface area contributed by atoms with E-state index in [9.17, 15) is 14.4 Å². The predicted octanol–water partition coefficient (Wildman–Crippen LogP) is 2.95. The van der Waals surface area contributed by atoms with Gasteiger partial charge in [-0.3, -0.25) is 14.2 Å². The summed E-state index contributed by atoms with van der Waals surface area (Å²) < 4.78 is 2.46. The fourth-order valence-corrected chi connectivity index (χ4v) is 3.45. The van der Waals surface area contributed by atoms with Crippen LogP contribution in [0.5, 0.6) is 0 Å². The molecule has 1 aliphatic carbocycles. The largest absolute Gasteiger partial charge is 0.352 e. The van der Waals surface area contributed by atoms with Crippen LogP contribution in [-0.2, 0) is 4.79 Å². The lowest BCUT2D eigenvalue weighted by atomic mass is 10.2. The van der Waals surface area contributed by atoms with E-state index >= 15 is 0 Å². The van der Waals surface area contributed by atoms with Gasteiger partial charge < -0.3 is 5.32 Å². The van der Waals surface area contributed by atoms with Crippen LogP contribution in [-0.4, -0.2) is 21.1 Å². The first kappa shape index (κ1) is 18.5. The van der Waals surface area contributed by atoms with Crippen molar-refractivity contribution < 1.29 is 4.79 Å². The molecule has 0 saturated heterocycles. The van der Waals surface area contributed by atoms with Crippen LogP contribution in [0, 0.1) is 6.92 Å². The summed E-state index contributed by atoms with van der Waals surface area (Å²) in [6.45, 7) is 3.51. The number of aryl methyl sites for hydroxylation is 1. The van der Waals surface area contributed by atoms with Crippen LogP contribution >= 0.6 is 11.6 Å². The van der Waals surface area contributed by atoms with Crippen LogP contribution in [0.2, 0.25) is 5.02 Å². The number of amides is 1. The number of rotatable bonds is 4. The van der Waals surface area contributed by atoms with Gasteiger partial charge in [-0.15, -0.1) is 0 Å². The van der Waals surface area contributed by atoms with Crippen LogP contribution in [0.25, 0.3) is 16.6 Å². The van der Waals surface area contributed by atoms with Crippen molar-refractivity contribution in [2.24, 2.45) is 0 Å². The van der Waals surface area contributed by atoms with Gasteiger partial charge in [-0.05, 0) is 56.5 Å². The number of aromatic nitrogens is 2. The van der Waals surface area contributed by atoms with Crippen LogP contribution in [0.15, 0.2) is 52.1 Å². The molecule has 2 aromatic carbocycles. The molecule has 1 aliphatic rings. The molecule has 1 amide bonds. The highest BCUT2D eigenvalue weighted by Gasteiger charge is 2.28. The Labute approximate surface area is 166 Å². The Morgan fingerprint density at radius 3 is 2.57 bits per heavy atom. The minimum absolute atomic E-state index is 0.179. The molecule has 3 aromatic rings. The van der Waals surface area contributed by atoms with Gasteiger partial charge in [0.1, 0.15) is 6.04 Å². The molecule has 28 heavy (non-hydrogen) atoms. The van der Waals surface area contributed by atoms with Gasteiger partial charge in [-0.2, -0.15) is 0 Å². The highest BCUT2D eigenvalue weighted by atomic mass is 35.5. The molecule has 0 bridgehead atoms. The number of nitrogens with zero attached hydrogens (tertiary/aromatic N) is 2. The Hall–Kier alpha value is -2.86. The number of para-hydroxylation sites is 1. The van der Waals surface area contributed by atoms with Crippen molar-refractivity contribution in [2.75, 3.05) is 0 Å². The van der Waals surface area contributed by atoms with E-state index in [1.54, 1.807) is 49.4 Å². The number of hydrogen-bond donors (Lipinski definition) is 1. The third kappa shape index (κ3) is 3.14. The molecule has 1 N–H and O–H groups in total. The van der Waals surface area contributed by atoms with Crippen molar-refractivity contribution in [3.8, 4) is 5.69 Å². The summed E-state index contributed by atoms with van der Waals surface area (Å²) in [6, 6.07) is 11.3. The van der Waals surface area contributed by atoms with Crippen molar-refractivity contribution in [3.63, 3.8) is 0 Å². The third-order valence-corrected chi connectivity index (χ3v) is 5.51. The molecule has 6 nitrogen and oxygen atoms in total. The topological polar surface area (TPSA) is 73.1 Å². The molecule has 4 rings (SSSR count). The maximum atomic E-state index is 13.4.